The molecule has 0 aliphatic rings. The van der Waals surface area contributed by atoms with Gasteiger partial charge in [-0.3, -0.25) is 5.10 Å². The fourth-order valence-electron chi connectivity index (χ4n) is 3.82. The van der Waals surface area contributed by atoms with Gasteiger partial charge >= 0.3 is 0 Å². The Morgan fingerprint density at radius 2 is 1.83 bits per heavy atom. The molecule has 5 aromatic rings. The van der Waals surface area contributed by atoms with Gasteiger partial charge in [-0.2, -0.15) is 10.1 Å². The fraction of sp³-hybridized carbons (Fsp3) is 0.0800. The number of rotatable bonds is 6. The van der Waals surface area contributed by atoms with E-state index in [9.17, 15) is 4.57 Å². The van der Waals surface area contributed by atoms with Crippen LogP contribution in [0.3, 0.4) is 0 Å². The molecule has 0 saturated heterocycles. The van der Waals surface area contributed by atoms with Crippen LogP contribution >= 0.6 is 18.7 Å². The highest BCUT2D eigenvalue weighted by Crippen LogP contribution is 2.38. The Morgan fingerprint density at radius 3 is 2.63 bits per heavy atom. The summed E-state index contributed by atoms with van der Waals surface area (Å²) in [5, 5.41) is 16.0. The number of nitrogens with zero attached hydrogens (tertiary/aromatic N) is 3. The Kier molecular flexibility index (Phi) is 5.93. The van der Waals surface area contributed by atoms with E-state index in [0.29, 0.717) is 28.2 Å². The van der Waals surface area contributed by atoms with Gasteiger partial charge in [-0.15, -0.1) is 0 Å². The first-order valence-electron chi connectivity index (χ1n) is 10.8. The summed E-state index contributed by atoms with van der Waals surface area (Å²) in [6.07, 6.45) is 1.52. The molecule has 5 rings (SSSR count). The summed E-state index contributed by atoms with van der Waals surface area (Å²) < 4.78 is 12.7. The van der Waals surface area contributed by atoms with Crippen LogP contribution in [0, 0.1) is 0 Å². The summed E-state index contributed by atoms with van der Waals surface area (Å²) in [6, 6.07) is 20.8. The summed E-state index contributed by atoms with van der Waals surface area (Å²) in [4.78, 5) is 8.87. The highest BCUT2D eigenvalue weighted by atomic mass is 35.5. The monoisotopic (exact) mass is 503 g/mol. The van der Waals surface area contributed by atoms with E-state index in [-0.39, 0.29) is 0 Å². The van der Waals surface area contributed by atoms with Crippen molar-refractivity contribution in [2.45, 2.75) is 0 Å². The third kappa shape index (κ3) is 4.85. The molecule has 5 N–H and O–H groups in total. The van der Waals surface area contributed by atoms with Crippen molar-refractivity contribution in [2.75, 3.05) is 29.7 Å². The van der Waals surface area contributed by atoms with Crippen LogP contribution < -0.4 is 21.7 Å². The molecule has 0 bridgehead atoms. The van der Waals surface area contributed by atoms with Gasteiger partial charge in [-0.1, -0.05) is 35.9 Å². The predicted octanol–water partition coefficient (Wildman–Crippen LogP) is 5.99. The number of nitrogen functional groups attached to an aromatic ring is 1. The van der Waals surface area contributed by atoms with Crippen LogP contribution in [-0.4, -0.2) is 33.5 Å². The quantitative estimate of drug-likeness (QED) is 0.166. The molecule has 3 aromatic carbocycles. The zero-order valence-electron chi connectivity index (χ0n) is 19.1. The number of hydrogen-bond acceptors (Lipinski definition) is 7. The van der Waals surface area contributed by atoms with Gasteiger partial charge in [0.15, 0.2) is 5.82 Å². The lowest BCUT2D eigenvalue weighted by Gasteiger charge is -2.15. The second-order valence-corrected chi connectivity index (χ2v) is 12.1. The van der Waals surface area contributed by atoms with Crippen LogP contribution in [0.1, 0.15) is 0 Å². The van der Waals surface area contributed by atoms with Crippen molar-refractivity contribution in [1.82, 2.24) is 20.2 Å². The first-order chi connectivity index (χ1) is 16.8. The molecule has 2 aromatic heterocycles. The zero-order valence-corrected chi connectivity index (χ0v) is 20.7. The van der Waals surface area contributed by atoms with E-state index < -0.39 is 7.14 Å². The van der Waals surface area contributed by atoms with Gasteiger partial charge in [0.05, 0.1) is 17.4 Å². The molecule has 0 amide bonds. The van der Waals surface area contributed by atoms with Crippen molar-refractivity contribution in [2.24, 2.45) is 0 Å². The van der Waals surface area contributed by atoms with Crippen LogP contribution in [-0.2, 0) is 4.57 Å². The zero-order chi connectivity index (χ0) is 24.6. The second-order valence-electron chi connectivity index (χ2n) is 8.47. The number of halogens is 1. The molecule has 0 radical (unpaired) electrons. The molecule has 0 spiro atoms. The highest BCUT2D eigenvalue weighted by Gasteiger charge is 2.17. The Balaban J connectivity index is 1.46. The number of nitrogens with two attached hydrogens (primary N) is 1. The average Bonchev–Trinajstić information content (AvgIpc) is 3.24. The normalized spacial score (nSPS) is 11.5. The number of anilines is 5. The van der Waals surface area contributed by atoms with E-state index in [1.54, 1.807) is 13.3 Å². The third-order valence-electron chi connectivity index (χ3n) is 5.46. The number of fused-ring (bicyclic) bond motifs is 1. The summed E-state index contributed by atoms with van der Waals surface area (Å²) in [5.74, 6) is 0.772. The lowest BCUT2D eigenvalue weighted by molar-refractivity contribution is 0.588. The Labute approximate surface area is 207 Å². The molecule has 176 valence electrons. The topological polar surface area (TPSA) is 122 Å². The third-order valence-corrected chi connectivity index (χ3v) is 7.29. The van der Waals surface area contributed by atoms with Crippen molar-refractivity contribution < 1.29 is 4.57 Å². The van der Waals surface area contributed by atoms with Crippen LogP contribution in [0.2, 0.25) is 5.02 Å². The lowest BCUT2D eigenvalue weighted by atomic mass is 10.1. The number of aromatic amines is 1. The maximum atomic E-state index is 12.7. The minimum Gasteiger partial charge on any atom is -0.399 e. The standard InChI is InChI=1S/C25H23ClN7OP/c1-35(2,34)22-9-4-3-8-21(22)30-24-19(26)14-28-25(31-24)29-17-10-11-20-18(13-17)23(33-32-20)15-6-5-7-16(27)12-15/h3-14H,27H2,1-2H3,(H,32,33)(H2,28,29,30,31). The Hall–Kier alpha value is -3.87. The van der Waals surface area contributed by atoms with Crippen LogP contribution in [0.5, 0.6) is 0 Å². The molecule has 0 saturated carbocycles. The molecule has 10 heteroatoms. The maximum absolute atomic E-state index is 12.7. The first kappa shape index (κ1) is 22.9. The molecular formula is C25H23ClN7OP. The SMILES string of the molecule is CP(C)(=O)c1ccccc1Nc1nc(Nc2ccc3[nH]nc(-c4cccc(N)c4)c3c2)ncc1Cl. The summed E-state index contributed by atoms with van der Waals surface area (Å²) in [5.41, 5.74) is 10.7. The number of aromatic nitrogens is 4. The van der Waals surface area contributed by atoms with Crippen molar-refractivity contribution in [3.63, 3.8) is 0 Å². The van der Waals surface area contributed by atoms with Crippen molar-refractivity contribution in [3.05, 3.63) is 77.9 Å². The van der Waals surface area contributed by atoms with Gasteiger partial charge in [0, 0.05) is 27.6 Å². The molecule has 0 fully saturated rings. The van der Waals surface area contributed by atoms with Gasteiger partial charge < -0.3 is 20.9 Å². The largest absolute Gasteiger partial charge is 0.399 e. The fourth-order valence-corrected chi connectivity index (χ4v) is 5.11. The molecule has 0 atom stereocenters. The van der Waals surface area contributed by atoms with Gasteiger partial charge in [0.25, 0.3) is 0 Å². The van der Waals surface area contributed by atoms with Crippen molar-refractivity contribution in [3.8, 4) is 11.3 Å². The second kappa shape index (κ2) is 9.06. The molecule has 0 aliphatic heterocycles. The number of H-pyrrole nitrogens is 1. The van der Waals surface area contributed by atoms with Crippen LogP contribution in [0.25, 0.3) is 22.2 Å². The van der Waals surface area contributed by atoms with Gasteiger partial charge in [0.1, 0.15) is 17.9 Å². The molecule has 0 unspecified atom stereocenters. The van der Waals surface area contributed by atoms with Crippen molar-refractivity contribution in [1.29, 1.82) is 0 Å². The minimum atomic E-state index is -2.51. The van der Waals surface area contributed by atoms with E-state index in [0.717, 1.165) is 33.2 Å². The molecular weight excluding hydrogens is 481 g/mol. The van der Waals surface area contributed by atoms with Gasteiger partial charge in [0.2, 0.25) is 5.95 Å². The molecule has 2 heterocycles. The highest BCUT2D eigenvalue weighted by molar-refractivity contribution is 7.70. The molecule has 0 aliphatic carbocycles. The van der Waals surface area contributed by atoms with Gasteiger partial charge in [-0.25, -0.2) is 4.98 Å². The number of para-hydroxylation sites is 1. The maximum Gasteiger partial charge on any atom is 0.229 e. The summed E-state index contributed by atoms with van der Waals surface area (Å²) in [7, 11) is -2.51. The number of hydrogen-bond donors (Lipinski definition) is 4. The van der Waals surface area contributed by atoms with E-state index in [1.807, 2.05) is 66.7 Å². The predicted molar refractivity (Wildman–Crippen MR) is 145 cm³/mol. The van der Waals surface area contributed by atoms with E-state index >= 15 is 0 Å². The van der Waals surface area contributed by atoms with Crippen molar-refractivity contribution >= 4 is 63.8 Å². The average molecular weight is 504 g/mol. The number of nitrogens with one attached hydrogen (secondary N) is 3. The van der Waals surface area contributed by atoms with Gasteiger partial charge in [-0.05, 0) is 55.8 Å². The van der Waals surface area contributed by atoms with Crippen LogP contribution in [0.4, 0.5) is 28.8 Å². The summed E-state index contributed by atoms with van der Waals surface area (Å²) >= 11 is 6.37. The first-order valence-corrected chi connectivity index (χ1v) is 13.8. The summed E-state index contributed by atoms with van der Waals surface area (Å²) in [6.45, 7) is 3.46. The lowest BCUT2D eigenvalue weighted by Crippen LogP contribution is -2.10. The van der Waals surface area contributed by atoms with Crippen LogP contribution in [0.15, 0.2) is 72.9 Å². The van der Waals surface area contributed by atoms with E-state index in [4.69, 9.17) is 17.3 Å². The van der Waals surface area contributed by atoms with E-state index in [2.05, 4.69) is 30.8 Å². The van der Waals surface area contributed by atoms with E-state index in [1.165, 1.54) is 6.20 Å². The molecule has 8 nitrogen and oxygen atoms in total. The Morgan fingerprint density at radius 1 is 1.00 bits per heavy atom. The Bertz CT molecular complexity index is 1590. The number of benzene rings is 3. The minimum absolute atomic E-state index is 0.349. The molecule has 35 heavy (non-hydrogen) atoms. The smallest absolute Gasteiger partial charge is 0.229 e.